The zero-order valence-corrected chi connectivity index (χ0v) is 15.4. The van der Waals surface area contributed by atoms with Crippen LogP contribution in [0.5, 0.6) is 11.5 Å². The van der Waals surface area contributed by atoms with Crippen molar-refractivity contribution in [3.8, 4) is 11.5 Å². The van der Waals surface area contributed by atoms with E-state index in [-0.39, 0.29) is 6.04 Å². The number of likely N-dealkylation sites (N-methyl/N-ethyl adjacent to an activating group) is 1. The molecule has 1 saturated heterocycles. The average molecular weight is 355 g/mol. The second-order valence-corrected chi connectivity index (χ2v) is 7.74. The number of aliphatic hydroxyl groups is 1. The van der Waals surface area contributed by atoms with E-state index < -0.39 is 11.7 Å². The molecule has 6 heteroatoms. The van der Waals surface area contributed by atoms with Crippen LogP contribution in [0, 0.1) is 0 Å². The van der Waals surface area contributed by atoms with Gasteiger partial charge < -0.3 is 24.8 Å². The number of ether oxygens (including phenoxy) is 2. The van der Waals surface area contributed by atoms with Crippen molar-refractivity contribution < 1.29 is 14.6 Å². The van der Waals surface area contributed by atoms with Crippen molar-refractivity contribution in [3.63, 3.8) is 0 Å². The van der Waals surface area contributed by atoms with E-state index in [1.165, 1.54) is 12.8 Å². The summed E-state index contributed by atoms with van der Waals surface area (Å²) in [7, 11) is 1.88. The van der Waals surface area contributed by atoms with Crippen molar-refractivity contribution in [2.24, 2.45) is 0 Å². The quantitative estimate of drug-likeness (QED) is 0.851. The normalized spacial score (nSPS) is 22.4. The molecule has 0 amide bonds. The molecule has 1 fully saturated rings. The summed E-state index contributed by atoms with van der Waals surface area (Å²) < 4.78 is 11.7. The molecular formula is C18H27ClN2O3. The van der Waals surface area contributed by atoms with Gasteiger partial charge >= 0.3 is 0 Å². The van der Waals surface area contributed by atoms with E-state index in [2.05, 4.69) is 10.2 Å². The molecule has 3 rings (SSSR count). The van der Waals surface area contributed by atoms with Crippen LogP contribution >= 0.6 is 11.6 Å². The van der Waals surface area contributed by atoms with E-state index in [4.69, 9.17) is 21.1 Å². The smallest absolute Gasteiger partial charge is 0.180 e. The maximum absolute atomic E-state index is 10.8. The molecule has 0 aliphatic carbocycles. The van der Waals surface area contributed by atoms with E-state index in [0.29, 0.717) is 23.1 Å². The van der Waals surface area contributed by atoms with Crippen LogP contribution in [-0.4, -0.2) is 54.9 Å². The van der Waals surface area contributed by atoms with Gasteiger partial charge in [0, 0.05) is 12.6 Å². The van der Waals surface area contributed by atoms with Gasteiger partial charge in [0.25, 0.3) is 0 Å². The average Bonchev–Trinajstić information content (AvgIpc) is 3.05. The molecule has 1 aromatic rings. The Balaban J connectivity index is 1.79. The predicted octanol–water partition coefficient (Wildman–Crippen LogP) is 2.61. The first-order valence-electron chi connectivity index (χ1n) is 8.62. The van der Waals surface area contributed by atoms with Crippen LogP contribution in [0.25, 0.3) is 0 Å². The minimum Gasteiger partial charge on any atom is -0.485 e. The van der Waals surface area contributed by atoms with E-state index in [0.717, 1.165) is 25.2 Å². The fourth-order valence-electron chi connectivity index (χ4n) is 3.35. The third-order valence-electron chi connectivity index (χ3n) is 4.73. The molecule has 2 aliphatic heterocycles. The zero-order valence-electron chi connectivity index (χ0n) is 14.6. The monoisotopic (exact) mass is 354 g/mol. The molecule has 2 heterocycles. The van der Waals surface area contributed by atoms with Crippen LogP contribution < -0.4 is 14.8 Å². The molecule has 24 heavy (non-hydrogen) atoms. The molecule has 1 aromatic carbocycles. The molecule has 2 aliphatic rings. The summed E-state index contributed by atoms with van der Waals surface area (Å²) in [6, 6.07) is 3.57. The first kappa shape index (κ1) is 17.8. The van der Waals surface area contributed by atoms with Crippen molar-refractivity contribution in [2.75, 3.05) is 33.3 Å². The molecule has 134 valence electrons. The second-order valence-electron chi connectivity index (χ2n) is 7.33. The molecule has 2 atom stereocenters. The summed E-state index contributed by atoms with van der Waals surface area (Å²) in [5.41, 5.74) is 0.348. The number of hydrogen-bond donors (Lipinski definition) is 2. The van der Waals surface area contributed by atoms with Crippen LogP contribution in [0.1, 0.15) is 38.4 Å². The lowest BCUT2D eigenvalue weighted by Gasteiger charge is -2.34. The number of rotatable bonds is 5. The highest BCUT2D eigenvalue weighted by molar-refractivity contribution is 6.32. The second kappa shape index (κ2) is 7.08. The van der Waals surface area contributed by atoms with Gasteiger partial charge in [0.05, 0.1) is 11.1 Å². The van der Waals surface area contributed by atoms with Gasteiger partial charge in [-0.1, -0.05) is 11.6 Å². The fraction of sp³-hybridized carbons (Fsp3) is 0.667. The van der Waals surface area contributed by atoms with Gasteiger partial charge in [0.15, 0.2) is 11.5 Å². The number of likely N-dealkylation sites (tertiary alicyclic amines) is 1. The van der Waals surface area contributed by atoms with Gasteiger partial charge in [-0.05, 0) is 64.5 Å². The van der Waals surface area contributed by atoms with Gasteiger partial charge in [-0.3, -0.25) is 0 Å². The summed E-state index contributed by atoms with van der Waals surface area (Å²) in [4.78, 5) is 2.38. The molecule has 0 aromatic heterocycles. The topological polar surface area (TPSA) is 54.0 Å². The Morgan fingerprint density at radius 1 is 1.33 bits per heavy atom. The van der Waals surface area contributed by atoms with Crippen molar-refractivity contribution >= 4 is 11.6 Å². The Bertz CT molecular complexity index is 588. The zero-order chi connectivity index (χ0) is 17.3. The van der Waals surface area contributed by atoms with E-state index in [9.17, 15) is 5.11 Å². The number of hydrogen-bond acceptors (Lipinski definition) is 5. The summed E-state index contributed by atoms with van der Waals surface area (Å²) in [5.74, 6) is 1.16. The largest absolute Gasteiger partial charge is 0.485 e. The number of benzene rings is 1. The molecule has 0 bridgehead atoms. The Morgan fingerprint density at radius 3 is 2.71 bits per heavy atom. The Hall–Kier alpha value is -1.01. The minimum atomic E-state index is -0.656. The Morgan fingerprint density at radius 2 is 2.04 bits per heavy atom. The number of nitrogens with zero attached hydrogens (tertiary/aromatic N) is 1. The number of nitrogens with one attached hydrogen (secondary N) is 1. The number of fused-ring (bicyclic) bond motifs is 1. The van der Waals surface area contributed by atoms with Gasteiger partial charge in [-0.25, -0.2) is 0 Å². The van der Waals surface area contributed by atoms with Crippen LogP contribution in [0.3, 0.4) is 0 Å². The van der Waals surface area contributed by atoms with Crippen molar-refractivity contribution in [2.45, 2.75) is 44.4 Å². The summed E-state index contributed by atoms with van der Waals surface area (Å²) in [5, 5.41) is 14.5. The molecule has 2 unspecified atom stereocenters. The SMILES string of the molecule is CNC(CN1CCCC1)C(O)c1cc(Cl)c2c(c1)OCC(C)(C)O2. The molecule has 0 spiro atoms. The number of halogens is 1. The van der Waals surface area contributed by atoms with Crippen LogP contribution in [0.2, 0.25) is 5.02 Å². The summed E-state index contributed by atoms with van der Waals surface area (Å²) >= 11 is 6.39. The van der Waals surface area contributed by atoms with Gasteiger partial charge in [0.2, 0.25) is 0 Å². The first-order chi connectivity index (χ1) is 11.4. The van der Waals surface area contributed by atoms with E-state index >= 15 is 0 Å². The van der Waals surface area contributed by atoms with E-state index in [1.54, 1.807) is 6.07 Å². The predicted molar refractivity (Wildman–Crippen MR) is 95.1 cm³/mol. The lowest BCUT2D eigenvalue weighted by Crippen LogP contribution is -2.42. The fourth-order valence-corrected chi connectivity index (χ4v) is 3.60. The molecule has 0 saturated carbocycles. The molecular weight excluding hydrogens is 328 g/mol. The van der Waals surface area contributed by atoms with Gasteiger partial charge in [-0.2, -0.15) is 0 Å². The third kappa shape index (κ3) is 3.80. The minimum absolute atomic E-state index is 0.0573. The Labute approximate surface area is 148 Å². The molecule has 0 radical (unpaired) electrons. The molecule has 2 N–H and O–H groups in total. The lowest BCUT2D eigenvalue weighted by molar-refractivity contribution is 0.0209. The third-order valence-corrected chi connectivity index (χ3v) is 5.01. The van der Waals surface area contributed by atoms with Crippen molar-refractivity contribution in [1.29, 1.82) is 0 Å². The van der Waals surface area contributed by atoms with Gasteiger partial charge in [-0.15, -0.1) is 0 Å². The highest BCUT2D eigenvalue weighted by atomic mass is 35.5. The van der Waals surface area contributed by atoms with Crippen LogP contribution in [-0.2, 0) is 0 Å². The van der Waals surface area contributed by atoms with Crippen LogP contribution in [0.15, 0.2) is 12.1 Å². The highest BCUT2D eigenvalue weighted by Gasteiger charge is 2.32. The maximum atomic E-state index is 10.8. The van der Waals surface area contributed by atoms with Crippen LogP contribution in [0.4, 0.5) is 0 Å². The van der Waals surface area contributed by atoms with Crippen molar-refractivity contribution in [1.82, 2.24) is 10.2 Å². The Kier molecular flexibility index (Phi) is 5.25. The molecule has 5 nitrogen and oxygen atoms in total. The first-order valence-corrected chi connectivity index (χ1v) is 9.00. The lowest BCUT2D eigenvalue weighted by atomic mass is 10.0. The number of aliphatic hydroxyl groups excluding tert-OH is 1. The standard InChI is InChI=1S/C18H27ClN2O3/c1-18(2)11-23-15-9-12(8-13(19)17(15)24-18)16(22)14(20-3)10-21-6-4-5-7-21/h8-9,14,16,20,22H,4-7,10-11H2,1-3H3. The summed E-state index contributed by atoms with van der Waals surface area (Å²) in [6.07, 6.45) is 1.81. The van der Waals surface area contributed by atoms with Crippen molar-refractivity contribution in [3.05, 3.63) is 22.7 Å². The maximum Gasteiger partial charge on any atom is 0.180 e. The van der Waals surface area contributed by atoms with E-state index in [1.807, 2.05) is 27.0 Å². The highest BCUT2D eigenvalue weighted by Crippen LogP contribution is 2.43. The van der Waals surface area contributed by atoms with Gasteiger partial charge in [0.1, 0.15) is 12.2 Å². The summed E-state index contributed by atoms with van der Waals surface area (Å²) in [6.45, 7) is 7.39.